The normalized spacial score (nSPS) is 12.1. The van der Waals surface area contributed by atoms with Crippen molar-refractivity contribution >= 4 is 39.1 Å². The third-order valence-corrected chi connectivity index (χ3v) is 6.70. The number of ether oxygens (including phenoxy) is 1. The van der Waals surface area contributed by atoms with Gasteiger partial charge < -0.3 is 10.1 Å². The minimum Gasteiger partial charge on any atom is -0.495 e. The number of benzene rings is 3. The molecule has 0 aliphatic rings. The molecule has 0 heterocycles. The monoisotopic (exact) mass is 442 g/mol. The Morgan fingerprint density at radius 1 is 0.933 bits per heavy atom. The summed E-state index contributed by atoms with van der Waals surface area (Å²) in [5.41, 5.74) is 0.876. The second-order valence-electron chi connectivity index (χ2n) is 6.39. The highest BCUT2D eigenvalue weighted by molar-refractivity contribution is 8.00. The second kappa shape index (κ2) is 9.69. The van der Waals surface area contributed by atoms with E-state index < -0.39 is 10.0 Å². The molecule has 0 unspecified atom stereocenters. The molecule has 0 aliphatic carbocycles. The average Bonchev–Trinajstić information content (AvgIpc) is 2.75. The van der Waals surface area contributed by atoms with Crippen LogP contribution < -0.4 is 14.8 Å². The molecule has 1 amide bonds. The maximum Gasteiger partial charge on any atom is 0.262 e. The maximum absolute atomic E-state index is 12.7. The minimum absolute atomic E-state index is 0.0816. The Hall–Kier alpha value is -2.97. The molecule has 2 N–H and O–H groups in total. The largest absolute Gasteiger partial charge is 0.495 e. The number of amides is 1. The van der Waals surface area contributed by atoms with Gasteiger partial charge in [-0.15, -0.1) is 11.8 Å². The van der Waals surface area contributed by atoms with E-state index in [4.69, 9.17) is 4.74 Å². The lowest BCUT2D eigenvalue weighted by Gasteiger charge is -2.13. The lowest BCUT2D eigenvalue weighted by molar-refractivity contribution is -0.115. The molecule has 0 aliphatic heterocycles. The standard InChI is InChI=1S/C22H22N2O4S2/c1-16(29-18-8-4-3-5-9-18)22(25)23-17-12-14-19(15-13-17)30(26,27)24-20-10-6-7-11-21(20)28-2/h3-16,24H,1-2H3,(H,23,25)/t16-/m1/s1. The summed E-state index contributed by atoms with van der Waals surface area (Å²) in [5.74, 6) is 0.265. The summed E-state index contributed by atoms with van der Waals surface area (Å²) in [7, 11) is -2.32. The van der Waals surface area contributed by atoms with E-state index in [0.29, 0.717) is 17.1 Å². The molecule has 3 rings (SSSR count). The van der Waals surface area contributed by atoms with Crippen molar-refractivity contribution in [2.24, 2.45) is 0 Å². The second-order valence-corrected chi connectivity index (χ2v) is 9.49. The Morgan fingerprint density at radius 2 is 1.57 bits per heavy atom. The maximum atomic E-state index is 12.7. The summed E-state index contributed by atoms with van der Waals surface area (Å²) in [4.78, 5) is 13.5. The molecule has 0 saturated carbocycles. The van der Waals surface area contributed by atoms with Gasteiger partial charge in [0.05, 0.1) is 22.9 Å². The van der Waals surface area contributed by atoms with Crippen LogP contribution in [0.25, 0.3) is 0 Å². The van der Waals surface area contributed by atoms with Crippen molar-refractivity contribution in [3.63, 3.8) is 0 Å². The van der Waals surface area contributed by atoms with Crippen molar-refractivity contribution in [2.45, 2.75) is 22.0 Å². The molecule has 1 atom stereocenters. The molecular weight excluding hydrogens is 420 g/mol. The first-order valence-corrected chi connectivity index (χ1v) is 11.5. The van der Waals surface area contributed by atoms with Gasteiger partial charge in [0.1, 0.15) is 5.75 Å². The molecule has 0 aromatic heterocycles. The fourth-order valence-corrected chi connectivity index (χ4v) is 4.61. The van der Waals surface area contributed by atoms with Gasteiger partial charge in [0, 0.05) is 10.6 Å². The van der Waals surface area contributed by atoms with E-state index >= 15 is 0 Å². The van der Waals surface area contributed by atoms with Gasteiger partial charge >= 0.3 is 0 Å². The molecule has 0 spiro atoms. The van der Waals surface area contributed by atoms with Crippen molar-refractivity contribution in [1.29, 1.82) is 0 Å². The molecule has 8 heteroatoms. The SMILES string of the molecule is COc1ccccc1NS(=O)(=O)c1ccc(NC(=O)[C@@H](C)Sc2ccccc2)cc1. The van der Waals surface area contributed by atoms with Gasteiger partial charge in [-0.3, -0.25) is 9.52 Å². The van der Waals surface area contributed by atoms with Gasteiger partial charge in [-0.25, -0.2) is 8.42 Å². The highest BCUT2D eigenvalue weighted by Crippen LogP contribution is 2.27. The van der Waals surface area contributed by atoms with E-state index in [1.54, 1.807) is 36.4 Å². The minimum atomic E-state index is -3.79. The zero-order chi connectivity index (χ0) is 21.6. The van der Waals surface area contributed by atoms with E-state index in [1.165, 1.54) is 31.0 Å². The number of thioether (sulfide) groups is 1. The Bertz CT molecular complexity index is 1100. The molecule has 0 bridgehead atoms. The first-order valence-electron chi connectivity index (χ1n) is 9.17. The molecule has 0 radical (unpaired) electrons. The van der Waals surface area contributed by atoms with Gasteiger partial charge in [-0.05, 0) is 55.5 Å². The number of sulfonamides is 1. The zero-order valence-electron chi connectivity index (χ0n) is 16.5. The van der Waals surface area contributed by atoms with Crippen molar-refractivity contribution in [3.8, 4) is 5.75 Å². The van der Waals surface area contributed by atoms with Gasteiger partial charge in [-0.1, -0.05) is 30.3 Å². The van der Waals surface area contributed by atoms with Gasteiger partial charge in [-0.2, -0.15) is 0 Å². The van der Waals surface area contributed by atoms with Crippen LogP contribution in [0.15, 0.2) is 88.7 Å². The van der Waals surface area contributed by atoms with E-state index in [0.717, 1.165) is 4.90 Å². The van der Waals surface area contributed by atoms with Gasteiger partial charge in [0.2, 0.25) is 5.91 Å². The smallest absolute Gasteiger partial charge is 0.262 e. The summed E-state index contributed by atoms with van der Waals surface area (Å²) in [5, 5.41) is 2.51. The molecule has 0 saturated heterocycles. The number of hydrogen-bond acceptors (Lipinski definition) is 5. The third-order valence-electron chi connectivity index (χ3n) is 4.21. The number of hydrogen-bond donors (Lipinski definition) is 2. The lowest BCUT2D eigenvalue weighted by atomic mass is 10.3. The van der Waals surface area contributed by atoms with Crippen molar-refractivity contribution < 1.29 is 17.9 Å². The van der Waals surface area contributed by atoms with Gasteiger partial charge in [0.25, 0.3) is 10.0 Å². The quantitative estimate of drug-likeness (QED) is 0.498. The summed E-state index contributed by atoms with van der Waals surface area (Å²) in [6.07, 6.45) is 0. The zero-order valence-corrected chi connectivity index (χ0v) is 18.2. The van der Waals surface area contributed by atoms with Crippen molar-refractivity contribution in [1.82, 2.24) is 0 Å². The van der Waals surface area contributed by atoms with Crippen LogP contribution in [0.2, 0.25) is 0 Å². The lowest BCUT2D eigenvalue weighted by Crippen LogP contribution is -2.22. The van der Waals surface area contributed by atoms with Crippen LogP contribution >= 0.6 is 11.8 Å². The molecule has 6 nitrogen and oxygen atoms in total. The Morgan fingerprint density at radius 3 is 2.23 bits per heavy atom. The van der Waals surface area contributed by atoms with Crippen LogP contribution in [0.4, 0.5) is 11.4 Å². The molecular formula is C22H22N2O4S2. The van der Waals surface area contributed by atoms with Crippen molar-refractivity contribution in [3.05, 3.63) is 78.9 Å². The number of carbonyl (C=O) groups excluding carboxylic acids is 1. The van der Waals surface area contributed by atoms with E-state index in [1.807, 2.05) is 37.3 Å². The molecule has 156 valence electrons. The fraction of sp³-hybridized carbons (Fsp3) is 0.136. The van der Waals surface area contributed by atoms with Crippen LogP contribution in [0.3, 0.4) is 0 Å². The first-order chi connectivity index (χ1) is 14.4. The molecule has 3 aromatic carbocycles. The van der Waals surface area contributed by atoms with E-state index in [-0.39, 0.29) is 16.1 Å². The highest BCUT2D eigenvalue weighted by Gasteiger charge is 2.18. The van der Waals surface area contributed by atoms with Crippen LogP contribution in [0, 0.1) is 0 Å². The summed E-state index contributed by atoms with van der Waals surface area (Å²) < 4.78 is 33.0. The molecule has 3 aromatic rings. The highest BCUT2D eigenvalue weighted by atomic mass is 32.2. The van der Waals surface area contributed by atoms with E-state index in [9.17, 15) is 13.2 Å². The fourth-order valence-electron chi connectivity index (χ4n) is 2.65. The average molecular weight is 443 g/mol. The van der Waals surface area contributed by atoms with E-state index in [2.05, 4.69) is 10.0 Å². The van der Waals surface area contributed by atoms with Crippen LogP contribution in [0.5, 0.6) is 5.75 Å². The van der Waals surface area contributed by atoms with Crippen molar-refractivity contribution in [2.75, 3.05) is 17.1 Å². The Kier molecular flexibility index (Phi) is 7.02. The number of carbonyl (C=O) groups is 1. The van der Waals surface area contributed by atoms with Crippen LogP contribution in [-0.2, 0) is 14.8 Å². The molecule has 0 fully saturated rings. The number of rotatable bonds is 8. The summed E-state index contributed by atoms with van der Waals surface area (Å²) in [6, 6.07) is 22.4. The Labute approximate surface area is 180 Å². The first kappa shape index (κ1) is 21.7. The number of nitrogens with one attached hydrogen (secondary N) is 2. The van der Waals surface area contributed by atoms with Crippen LogP contribution in [0.1, 0.15) is 6.92 Å². The number of anilines is 2. The topological polar surface area (TPSA) is 84.5 Å². The summed E-state index contributed by atoms with van der Waals surface area (Å²) in [6.45, 7) is 1.82. The predicted octanol–water partition coefficient (Wildman–Crippen LogP) is 4.62. The van der Waals surface area contributed by atoms with Gasteiger partial charge in [0.15, 0.2) is 0 Å². The summed E-state index contributed by atoms with van der Waals surface area (Å²) >= 11 is 1.45. The molecule has 30 heavy (non-hydrogen) atoms. The van der Waals surface area contributed by atoms with Crippen LogP contribution in [-0.4, -0.2) is 26.7 Å². The number of para-hydroxylation sites is 2. The number of methoxy groups -OCH3 is 1. The predicted molar refractivity (Wildman–Crippen MR) is 121 cm³/mol. The third kappa shape index (κ3) is 5.55. The Balaban J connectivity index is 1.66.